The molecule has 1 aromatic rings. The Morgan fingerprint density at radius 2 is 1.71 bits per heavy atom. The fraction of sp³-hybridized carbons (Fsp3) is 0.455. The van der Waals surface area contributed by atoms with Gasteiger partial charge in [-0.2, -0.15) is 0 Å². The van der Waals surface area contributed by atoms with E-state index in [-0.39, 0.29) is 0 Å². The lowest BCUT2D eigenvalue weighted by Crippen LogP contribution is -1.98. The van der Waals surface area contributed by atoms with E-state index >= 15 is 0 Å². The van der Waals surface area contributed by atoms with Crippen LogP contribution in [0.15, 0.2) is 6.07 Å². The Morgan fingerprint density at radius 3 is 2.14 bits per heavy atom. The van der Waals surface area contributed by atoms with Crippen LogP contribution in [0.2, 0.25) is 0 Å². The van der Waals surface area contributed by atoms with Crippen molar-refractivity contribution in [3.63, 3.8) is 0 Å². The van der Waals surface area contributed by atoms with Gasteiger partial charge in [-0.3, -0.25) is 0 Å². The summed E-state index contributed by atoms with van der Waals surface area (Å²) >= 11 is 0. The minimum absolute atomic E-state index is 0.630. The van der Waals surface area contributed by atoms with Crippen molar-refractivity contribution >= 4 is 0 Å². The highest BCUT2D eigenvalue weighted by atomic mass is 16.5. The van der Waals surface area contributed by atoms with Crippen molar-refractivity contribution in [1.82, 2.24) is 0 Å². The molecule has 0 N–H and O–H groups in total. The van der Waals surface area contributed by atoms with Crippen LogP contribution in [0.5, 0.6) is 17.2 Å². The second kappa shape index (κ2) is 4.74. The maximum atomic E-state index is 5.26. The first-order valence-electron chi connectivity index (χ1n) is 4.48. The second-order valence-electron chi connectivity index (χ2n) is 2.76. The Hall–Kier alpha value is -1.38. The number of methoxy groups -OCH3 is 3. The van der Waals surface area contributed by atoms with E-state index in [4.69, 9.17) is 14.2 Å². The monoisotopic (exact) mass is 195 g/mol. The molecule has 0 bridgehead atoms. The smallest absolute Gasteiger partial charge is 0.203 e. The molecule has 1 radical (unpaired) electrons. The van der Waals surface area contributed by atoms with Crippen LogP contribution in [0.25, 0.3) is 0 Å². The third kappa shape index (κ3) is 1.76. The van der Waals surface area contributed by atoms with E-state index in [1.807, 2.05) is 6.92 Å². The molecule has 0 fully saturated rings. The molecule has 0 saturated heterocycles. The fourth-order valence-electron chi connectivity index (χ4n) is 1.36. The van der Waals surface area contributed by atoms with Crippen LogP contribution >= 0.6 is 0 Å². The van der Waals surface area contributed by atoms with Crippen molar-refractivity contribution in [2.24, 2.45) is 0 Å². The van der Waals surface area contributed by atoms with Crippen LogP contribution in [0, 0.1) is 6.07 Å². The molecule has 0 aliphatic carbocycles. The normalized spacial score (nSPS) is 9.71. The van der Waals surface area contributed by atoms with E-state index in [1.54, 1.807) is 27.4 Å². The highest BCUT2D eigenvalue weighted by molar-refractivity contribution is 5.55. The van der Waals surface area contributed by atoms with Crippen molar-refractivity contribution in [3.05, 3.63) is 17.7 Å². The SMILES string of the molecule is CCc1[c]cc(OC)c(OC)c1OC. The maximum absolute atomic E-state index is 5.26. The van der Waals surface area contributed by atoms with Gasteiger partial charge in [0.05, 0.1) is 21.3 Å². The third-order valence-corrected chi connectivity index (χ3v) is 2.06. The van der Waals surface area contributed by atoms with Gasteiger partial charge in [-0.05, 0) is 18.6 Å². The van der Waals surface area contributed by atoms with Gasteiger partial charge in [0.25, 0.3) is 0 Å². The standard InChI is InChI=1S/C11H15O3/c1-5-8-6-7-9(12-2)11(14-4)10(8)13-3/h7H,5H2,1-4H3. The highest BCUT2D eigenvalue weighted by Gasteiger charge is 2.14. The zero-order chi connectivity index (χ0) is 10.6. The van der Waals surface area contributed by atoms with Crippen molar-refractivity contribution in [1.29, 1.82) is 0 Å². The summed E-state index contributed by atoms with van der Waals surface area (Å²) in [5.41, 5.74) is 0.991. The van der Waals surface area contributed by atoms with Gasteiger partial charge in [-0.15, -0.1) is 0 Å². The predicted molar refractivity (Wildman–Crippen MR) is 54.3 cm³/mol. The maximum Gasteiger partial charge on any atom is 0.203 e. The molecule has 14 heavy (non-hydrogen) atoms. The molecule has 3 heteroatoms. The summed E-state index contributed by atoms with van der Waals surface area (Å²) in [5, 5.41) is 0. The topological polar surface area (TPSA) is 27.7 Å². The summed E-state index contributed by atoms with van der Waals surface area (Å²) in [6, 6.07) is 4.87. The largest absolute Gasteiger partial charge is 0.493 e. The second-order valence-corrected chi connectivity index (χ2v) is 2.76. The third-order valence-electron chi connectivity index (χ3n) is 2.06. The van der Waals surface area contributed by atoms with E-state index in [2.05, 4.69) is 6.07 Å². The summed E-state index contributed by atoms with van der Waals surface area (Å²) in [4.78, 5) is 0. The molecular formula is C11H15O3. The molecule has 0 unspecified atom stereocenters. The Morgan fingerprint density at radius 1 is 1.07 bits per heavy atom. The Bertz CT molecular complexity index is 277. The molecule has 0 aliphatic rings. The molecule has 0 spiro atoms. The molecule has 77 valence electrons. The van der Waals surface area contributed by atoms with Crippen LogP contribution in [0.1, 0.15) is 12.5 Å². The molecule has 1 aromatic carbocycles. The van der Waals surface area contributed by atoms with Gasteiger partial charge in [0, 0.05) is 5.56 Å². The molecule has 0 aliphatic heterocycles. The van der Waals surface area contributed by atoms with E-state index in [0.29, 0.717) is 17.2 Å². The quantitative estimate of drug-likeness (QED) is 0.736. The van der Waals surface area contributed by atoms with Gasteiger partial charge in [0.15, 0.2) is 11.5 Å². The fourth-order valence-corrected chi connectivity index (χ4v) is 1.36. The van der Waals surface area contributed by atoms with Gasteiger partial charge < -0.3 is 14.2 Å². The highest BCUT2D eigenvalue weighted by Crippen LogP contribution is 2.39. The molecule has 0 saturated carbocycles. The van der Waals surface area contributed by atoms with Crippen molar-refractivity contribution in [2.45, 2.75) is 13.3 Å². The number of hydrogen-bond acceptors (Lipinski definition) is 3. The molecule has 0 heterocycles. The average Bonchev–Trinajstić information content (AvgIpc) is 2.26. The van der Waals surface area contributed by atoms with Crippen LogP contribution in [0.3, 0.4) is 0 Å². The lowest BCUT2D eigenvalue weighted by atomic mass is 10.1. The van der Waals surface area contributed by atoms with Gasteiger partial charge in [-0.25, -0.2) is 0 Å². The number of aryl methyl sites for hydroxylation is 1. The zero-order valence-corrected chi connectivity index (χ0v) is 9.01. The number of benzene rings is 1. The zero-order valence-electron chi connectivity index (χ0n) is 9.01. The van der Waals surface area contributed by atoms with Crippen molar-refractivity contribution in [2.75, 3.05) is 21.3 Å². The lowest BCUT2D eigenvalue weighted by molar-refractivity contribution is 0.322. The Balaban J connectivity index is 3.28. The minimum Gasteiger partial charge on any atom is -0.493 e. The summed E-state index contributed by atoms with van der Waals surface area (Å²) < 4.78 is 15.6. The van der Waals surface area contributed by atoms with Gasteiger partial charge >= 0.3 is 0 Å². The van der Waals surface area contributed by atoms with Crippen LogP contribution in [-0.2, 0) is 6.42 Å². The molecule has 3 nitrogen and oxygen atoms in total. The summed E-state index contributed by atoms with van der Waals surface area (Å²) in [6.07, 6.45) is 0.851. The van der Waals surface area contributed by atoms with E-state index in [0.717, 1.165) is 12.0 Å². The Labute approximate surface area is 84.6 Å². The summed E-state index contributed by atoms with van der Waals surface area (Å²) in [6.45, 7) is 2.04. The van der Waals surface area contributed by atoms with Gasteiger partial charge in [-0.1, -0.05) is 6.92 Å². The lowest BCUT2D eigenvalue weighted by Gasteiger charge is -2.14. The number of hydrogen-bond donors (Lipinski definition) is 0. The molecule has 0 atom stereocenters. The van der Waals surface area contributed by atoms with Crippen molar-refractivity contribution < 1.29 is 14.2 Å². The van der Waals surface area contributed by atoms with E-state index in [9.17, 15) is 0 Å². The molecular weight excluding hydrogens is 180 g/mol. The number of ether oxygens (including phenoxy) is 3. The summed E-state index contributed by atoms with van der Waals surface area (Å²) in [5.74, 6) is 1.97. The first-order chi connectivity index (χ1) is 6.78. The first kappa shape index (κ1) is 10.7. The average molecular weight is 195 g/mol. The van der Waals surface area contributed by atoms with Crippen molar-refractivity contribution in [3.8, 4) is 17.2 Å². The predicted octanol–water partition coefficient (Wildman–Crippen LogP) is 2.07. The Kier molecular flexibility index (Phi) is 3.63. The van der Waals surface area contributed by atoms with Gasteiger partial charge in [0.2, 0.25) is 5.75 Å². The molecule has 0 aromatic heterocycles. The molecule has 1 rings (SSSR count). The first-order valence-corrected chi connectivity index (χ1v) is 4.48. The van der Waals surface area contributed by atoms with Crippen LogP contribution in [0.4, 0.5) is 0 Å². The number of rotatable bonds is 4. The molecule has 0 amide bonds. The van der Waals surface area contributed by atoms with Crippen LogP contribution in [-0.4, -0.2) is 21.3 Å². The summed E-state index contributed by atoms with van der Waals surface area (Å²) in [7, 11) is 4.81. The van der Waals surface area contributed by atoms with Gasteiger partial charge in [0.1, 0.15) is 0 Å². The van der Waals surface area contributed by atoms with E-state index in [1.165, 1.54) is 0 Å². The minimum atomic E-state index is 0.630. The van der Waals surface area contributed by atoms with Crippen LogP contribution < -0.4 is 14.2 Å². The van der Waals surface area contributed by atoms with E-state index < -0.39 is 0 Å².